The number of hydrogen-bond donors (Lipinski definition) is 1. The molecule has 1 aromatic rings. The molecule has 1 atom stereocenters. The Morgan fingerprint density at radius 1 is 0.875 bits per heavy atom. The molecule has 2 aliphatic carbocycles. The van der Waals surface area contributed by atoms with Crippen LogP contribution in [0.3, 0.4) is 0 Å². The molecule has 5 rings (SSSR count). The van der Waals surface area contributed by atoms with Crippen LogP contribution < -0.4 is 10.2 Å². The van der Waals surface area contributed by atoms with E-state index in [1.165, 1.54) is 24.0 Å². The standard InChI is InChI=1S/C26H35N3O3/c30-24-16-21(17-29(24)23-10-9-18-7-4-8-20(18)15-23)26(32)28-13-11-22(12-14-28)27-25(31)19-5-2-1-3-6-19/h9-10,15,19,21-22H,1-8,11-14,16-17H2,(H,27,31). The van der Waals surface area contributed by atoms with Gasteiger partial charge >= 0.3 is 0 Å². The molecule has 0 aromatic heterocycles. The minimum absolute atomic E-state index is 0.0518. The largest absolute Gasteiger partial charge is 0.353 e. The Morgan fingerprint density at radius 2 is 1.62 bits per heavy atom. The predicted molar refractivity (Wildman–Crippen MR) is 123 cm³/mol. The van der Waals surface area contributed by atoms with Gasteiger partial charge in [0.2, 0.25) is 17.7 Å². The van der Waals surface area contributed by atoms with E-state index in [2.05, 4.69) is 17.4 Å². The molecule has 3 fully saturated rings. The summed E-state index contributed by atoms with van der Waals surface area (Å²) in [6, 6.07) is 6.50. The normalized spacial score (nSPS) is 24.6. The number of likely N-dealkylation sites (tertiary alicyclic amines) is 1. The van der Waals surface area contributed by atoms with E-state index < -0.39 is 0 Å². The Labute approximate surface area is 190 Å². The molecule has 6 heteroatoms. The van der Waals surface area contributed by atoms with Gasteiger partial charge in [-0.1, -0.05) is 25.3 Å². The van der Waals surface area contributed by atoms with E-state index in [1.807, 2.05) is 11.0 Å². The first-order valence-corrected chi connectivity index (χ1v) is 12.6. The monoisotopic (exact) mass is 437 g/mol. The van der Waals surface area contributed by atoms with Gasteiger partial charge in [-0.15, -0.1) is 0 Å². The van der Waals surface area contributed by atoms with Gasteiger partial charge in [0.15, 0.2) is 0 Å². The van der Waals surface area contributed by atoms with Crippen molar-refractivity contribution in [2.45, 2.75) is 76.7 Å². The summed E-state index contributed by atoms with van der Waals surface area (Å²) >= 11 is 0. The fourth-order valence-electron chi connectivity index (χ4n) is 6.03. The first kappa shape index (κ1) is 21.5. The molecule has 1 unspecified atom stereocenters. The molecule has 1 aromatic carbocycles. The molecule has 2 aliphatic heterocycles. The Hall–Kier alpha value is -2.37. The second kappa shape index (κ2) is 9.24. The molecule has 32 heavy (non-hydrogen) atoms. The quantitative estimate of drug-likeness (QED) is 0.786. The number of fused-ring (bicyclic) bond motifs is 1. The molecule has 0 radical (unpaired) electrons. The van der Waals surface area contributed by atoms with Crippen LogP contribution in [0.4, 0.5) is 5.69 Å². The summed E-state index contributed by atoms with van der Waals surface area (Å²) in [4.78, 5) is 42.1. The number of nitrogens with zero attached hydrogens (tertiary/aromatic N) is 2. The maximum Gasteiger partial charge on any atom is 0.228 e. The molecule has 0 spiro atoms. The third kappa shape index (κ3) is 4.41. The fourth-order valence-corrected chi connectivity index (χ4v) is 6.03. The molecular weight excluding hydrogens is 402 g/mol. The number of carbonyl (C=O) groups is 3. The van der Waals surface area contributed by atoms with Crippen LogP contribution in [0, 0.1) is 11.8 Å². The van der Waals surface area contributed by atoms with Crippen molar-refractivity contribution >= 4 is 23.4 Å². The smallest absolute Gasteiger partial charge is 0.228 e. The van der Waals surface area contributed by atoms with Crippen molar-refractivity contribution in [3.05, 3.63) is 29.3 Å². The highest BCUT2D eigenvalue weighted by molar-refractivity contribution is 6.00. The number of amides is 3. The van der Waals surface area contributed by atoms with Crippen molar-refractivity contribution in [1.82, 2.24) is 10.2 Å². The van der Waals surface area contributed by atoms with E-state index in [1.54, 1.807) is 4.90 Å². The second-order valence-electron chi connectivity index (χ2n) is 10.2. The van der Waals surface area contributed by atoms with Gasteiger partial charge in [0.1, 0.15) is 0 Å². The van der Waals surface area contributed by atoms with Gasteiger partial charge in [0.05, 0.1) is 5.92 Å². The lowest BCUT2D eigenvalue weighted by molar-refractivity contribution is -0.137. The lowest BCUT2D eigenvalue weighted by atomic mass is 9.88. The van der Waals surface area contributed by atoms with Gasteiger partial charge in [-0.2, -0.15) is 0 Å². The van der Waals surface area contributed by atoms with Crippen LogP contribution in [0.1, 0.15) is 68.9 Å². The zero-order valence-corrected chi connectivity index (χ0v) is 19.0. The van der Waals surface area contributed by atoms with E-state index >= 15 is 0 Å². The summed E-state index contributed by atoms with van der Waals surface area (Å²) in [5, 5.41) is 3.23. The molecule has 2 saturated heterocycles. The van der Waals surface area contributed by atoms with E-state index in [0.29, 0.717) is 26.1 Å². The van der Waals surface area contributed by atoms with Gasteiger partial charge in [-0.25, -0.2) is 0 Å². The number of piperidine rings is 1. The first-order valence-electron chi connectivity index (χ1n) is 12.6. The molecule has 1 saturated carbocycles. The number of hydrogen-bond acceptors (Lipinski definition) is 3. The van der Waals surface area contributed by atoms with Crippen LogP contribution in [0.15, 0.2) is 18.2 Å². The average molecular weight is 438 g/mol. The van der Waals surface area contributed by atoms with Crippen molar-refractivity contribution in [3.8, 4) is 0 Å². The van der Waals surface area contributed by atoms with Gasteiger partial charge < -0.3 is 15.1 Å². The Morgan fingerprint density at radius 3 is 2.41 bits per heavy atom. The SMILES string of the molecule is O=C(NC1CCN(C(=O)C2CC(=O)N(c3ccc4c(c3)CCC4)C2)CC1)C1CCCCC1. The topological polar surface area (TPSA) is 69.7 Å². The van der Waals surface area contributed by atoms with E-state index in [9.17, 15) is 14.4 Å². The van der Waals surface area contributed by atoms with Gasteiger partial charge in [-0.3, -0.25) is 14.4 Å². The van der Waals surface area contributed by atoms with Gasteiger partial charge in [-0.05, 0) is 68.2 Å². The van der Waals surface area contributed by atoms with Crippen molar-refractivity contribution in [1.29, 1.82) is 0 Å². The van der Waals surface area contributed by atoms with Crippen LogP contribution in [-0.2, 0) is 27.2 Å². The third-order valence-corrected chi connectivity index (χ3v) is 8.00. The molecule has 3 amide bonds. The van der Waals surface area contributed by atoms with E-state index in [4.69, 9.17) is 0 Å². The first-order chi connectivity index (χ1) is 15.6. The zero-order chi connectivity index (χ0) is 22.1. The third-order valence-electron chi connectivity index (χ3n) is 8.00. The number of anilines is 1. The fraction of sp³-hybridized carbons (Fsp3) is 0.654. The maximum absolute atomic E-state index is 13.1. The van der Waals surface area contributed by atoms with Gasteiger partial charge in [0, 0.05) is 43.7 Å². The van der Waals surface area contributed by atoms with Crippen molar-refractivity contribution in [3.63, 3.8) is 0 Å². The lowest BCUT2D eigenvalue weighted by Gasteiger charge is -2.34. The van der Waals surface area contributed by atoms with E-state index in [-0.39, 0.29) is 35.6 Å². The van der Waals surface area contributed by atoms with Crippen molar-refractivity contribution < 1.29 is 14.4 Å². The average Bonchev–Trinajstić information content (AvgIpc) is 3.45. The summed E-state index contributed by atoms with van der Waals surface area (Å²) in [7, 11) is 0. The maximum atomic E-state index is 13.1. The molecule has 1 N–H and O–H groups in total. The highest BCUT2D eigenvalue weighted by Gasteiger charge is 2.38. The number of aryl methyl sites for hydroxylation is 2. The van der Waals surface area contributed by atoms with Crippen molar-refractivity contribution in [2.75, 3.05) is 24.5 Å². The molecular formula is C26H35N3O3. The summed E-state index contributed by atoms with van der Waals surface area (Å²) in [5.41, 5.74) is 3.68. The second-order valence-corrected chi connectivity index (χ2v) is 10.2. The van der Waals surface area contributed by atoms with Crippen LogP contribution in [-0.4, -0.2) is 48.3 Å². The Bertz CT molecular complexity index is 884. The highest BCUT2D eigenvalue weighted by atomic mass is 16.2. The van der Waals surface area contributed by atoms with E-state index in [0.717, 1.165) is 57.1 Å². The zero-order valence-electron chi connectivity index (χ0n) is 19.0. The minimum Gasteiger partial charge on any atom is -0.353 e. The van der Waals surface area contributed by atoms with Crippen LogP contribution in [0.2, 0.25) is 0 Å². The molecule has 172 valence electrons. The summed E-state index contributed by atoms with van der Waals surface area (Å²) < 4.78 is 0. The van der Waals surface area contributed by atoms with Crippen LogP contribution in [0.5, 0.6) is 0 Å². The number of rotatable bonds is 4. The number of nitrogens with one attached hydrogen (secondary N) is 1. The summed E-state index contributed by atoms with van der Waals surface area (Å²) in [6.45, 7) is 1.81. The van der Waals surface area contributed by atoms with Crippen LogP contribution in [0.25, 0.3) is 0 Å². The number of carbonyl (C=O) groups excluding carboxylic acids is 3. The number of benzene rings is 1. The summed E-state index contributed by atoms with van der Waals surface area (Å²) in [6.07, 6.45) is 10.9. The molecule has 4 aliphatic rings. The van der Waals surface area contributed by atoms with Crippen LogP contribution >= 0.6 is 0 Å². The highest BCUT2D eigenvalue weighted by Crippen LogP contribution is 2.31. The Balaban J connectivity index is 1.13. The Kier molecular flexibility index (Phi) is 6.20. The minimum atomic E-state index is -0.260. The summed E-state index contributed by atoms with van der Waals surface area (Å²) in [5.74, 6) is 0.276. The molecule has 0 bridgehead atoms. The van der Waals surface area contributed by atoms with Crippen molar-refractivity contribution in [2.24, 2.45) is 11.8 Å². The predicted octanol–water partition coefficient (Wildman–Crippen LogP) is 3.22. The lowest BCUT2D eigenvalue weighted by Crippen LogP contribution is -2.49. The van der Waals surface area contributed by atoms with Gasteiger partial charge in [0.25, 0.3) is 0 Å². The molecule has 6 nitrogen and oxygen atoms in total. The molecule has 2 heterocycles.